The molecule has 0 fully saturated rings. The normalized spacial score (nSPS) is 11.2. The van der Waals surface area contributed by atoms with Gasteiger partial charge >= 0.3 is 0 Å². The van der Waals surface area contributed by atoms with Gasteiger partial charge in [-0.1, -0.05) is 17.7 Å². The minimum Gasteiger partial charge on any atom is -0.351 e. The summed E-state index contributed by atoms with van der Waals surface area (Å²) in [4.78, 5) is 13.1. The fraction of sp³-hybridized carbons (Fsp3) is 0.188. The van der Waals surface area contributed by atoms with E-state index in [1.165, 1.54) is 12.1 Å². The van der Waals surface area contributed by atoms with Gasteiger partial charge in [0.1, 0.15) is 0 Å². The molecule has 128 valence electrons. The summed E-state index contributed by atoms with van der Waals surface area (Å²) in [5.41, 5.74) is 0.533. The van der Waals surface area contributed by atoms with E-state index >= 15 is 0 Å². The second kappa shape index (κ2) is 8.53. The maximum absolute atomic E-state index is 12.1. The van der Waals surface area contributed by atoms with E-state index in [0.29, 0.717) is 10.6 Å². The van der Waals surface area contributed by atoms with Crippen molar-refractivity contribution < 1.29 is 13.2 Å². The van der Waals surface area contributed by atoms with Crippen LogP contribution in [-0.2, 0) is 10.0 Å². The zero-order valence-electron chi connectivity index (χ0n) is 13.0. The standard InChI is InChI=1S/C16H17ClN2O3S2/c1-23-14-7-5-12(6-8-14)16(20)18-9-10-19-24(21,22)15-4-2-3-13(17)11-15/h2-8,11,19H,9-10H2,1H3,(H,18,20). The SMILES string of the molecule is CSc1ccc(C(=O)NCCNS(=O)(=O)c2cccc(Cl)c2)cc1. The second-order valence-electron chi connectivity index (χ2n) is 4.84. The predicted octanol–water partition coefficient (Wildman–Crippen LogP) is 2.77. The third kappa shape index (κ3) is 5.24. The first kappa shape index (κ1) is 18.8. The van der Waals surface area contributed by atoms with Crippen LogP contribution in [0.5, 0.6) is 0 Å². The van der Waals surface area contributed by atoms with Gasteiger partial charge in [0.05, 0.1) is 4.90 Å². The van der Waals surface area contributed by atoms with Gasteiger partial charge in [-0.05, 0) is 48.7 Å². The fourth-order valence-electron chi connectivity index (χ4n) is 1.92. The monoisotopic (exact) mass is 384 g/mol. The molecule has 0 saturated heterocycles. The molecule has 2 N–H and O–H groups in total. The Bertz CT molecular complexity index is 808. The van der Waals surface area contributed by atoms with E-state index in [4.69, 9.17) is 11.6 Å². The van der Waals surface area contributed by atoms with Gasteiger partial charge in [0, 0.05) is 28.6 Å². The summed E-state index contributed by atoms with van der Waals surface area (Å²) >= 11 is 7.39. The number of halogens is 1. The molecule has 0 heterocycles. The van der Waals surface area contributed by atoms with Crippen molar-refractivity contribution in [2.75, 3.05) is 19.3 Å². The number of thioether (sulfide) groups is 1. The van der Waals surface area contributed by atoms with E-state index in [2.05, 4.69) is 10.0 Å². The van der Waals surface area contributed by atoms with E-state index in [1.807, 2.05) is 18.4 Å². The maximum atomic E-state index is 12.1. The Kier molecular flexibility index (Phi) is 6.68. The Balaban J connectivity index is 1.84. The first-order valence-corrected chi connectivity index (χ1v) is 10.2. The van der Waals surface area contributed by atoms with Crippen LogP contribution in [0.1, 0.15) is 10.4 Å². The molecule has 0 aliphatic carbocycles. The van der Waals surface area contributed by atoms with Gasteiger partial charge in [-0.3, -0.25) is 4.79 Å². The van der Waals surface area contributed by atoms with Crippen molar-refractivity contribution in [2.45, 2.75) is 9.79 Å². The van der Waals surface area contributed by atoms with E-state index in [9.17, 15) is 13.2 Å². The van der Waals surface area contributed by atoms with E-state index in [1.54, 1.807) is 36.0 Å². The summed E-state index contributed by atoms with van der Waals surface area (Å²) in [5, 5.41) is 3.02. The molecular formula is C16H17ClN2O3S2. The van der Waals surface area contributed by atoms with E-state index in [0.717, 1.165) is 4.90 Å². The lowest BCUT2D eigenvalue weighted by molar-refractivity contribution is 0.0954. The van der Waals surface area contributed by atoms with Crippen molar-refractivity contribution in [3.05, 3.63) is 59.1 Å². The first-order chi connectivity index (χ1) is 11.4. The summed E-state index contributed by atoms with van der Waals surface area (Å²) in [6.07, 6.45) is 1.96. The molecule has 5 nitrogen and oxygen atoms in total. The number of rotatable bonds is 7. The average Bonchev–Trinajstić information content (AvgIpc) is 2.58. The Hall–Kier alpha value is -1.54. The highest BCUT2D eigenvalue weighted by atomic mass is 35.5. The number of nitrogens with one attached hydrogen (secondary N) is 2. The van der Waals surface area contributed by atoms with Crippen LogP contribution in [0.2, 0.25) is 5.02 Å². The van der Waals surface area contributed by atoms with E-state index < -0.39 is 10.0 Å². The van der Waals surface area contributed by atoms with Crippen LogP contribution in [0.3, 0.4) is 0 Å². The largest absolute Gasteiger partial charge is 0.351 e. The molecule has 2 aromatic carbocycles. The second-order valence-corrected chi connectivity index (χ2v) is 7.92. The smallest absolute Gasteiger partial charge is 0.251 e. The van der Waals surface area contributed by atoms with Gasteiger partial charge in [-0.25, -0.2) is 13.1 Å². The van der Waals surface area contributed by atoms with Crippen molar-refractivity contribution >= 4 is 39.3 Å². The van der Waals surface area contributed by atoms with Gasteiger partial charge < -0.3 is 5.32 Å². The van der Waals surface area contributed by atoms with Crippen LogP contribution in [0.15, 0.2) is 58.3 Å². The third-order valence-corrected chi connectivity index (χ3v) is 5.60. The van der Waals surface area contributed by atoms with Crippen molar-refractivity contribution in [1.29, 1.82) is 0 Å². The zero-order valence-corrected chi connectivity index (χ0v) is 15.3. The zero-order chi connectivity index (χ0) is 17.6. The molecule has 8 heteroatoms. The summed E-state index contributed by atoms with van der Waals surface area (Å²) in [6.45, 7) is 0.270. The molecule has 24 heavy (non-hydrogen) atoms. The molecule has 0 aliphatic heterocycles. The average molecular weight is 385 g/mol. The minimum atomic E-state index is -3.64. The van der Waals surface area contributed by atoms with Gasteiger partial charge in [-0.2, -0.15) is 0 Å². The van der Waals surface area contributed by atoms with Crippen molar-refractivity contribution in [3.63, 3.8) is 0 Å². The summed E-state index contributed by atoms with van der Waals surface area (Å²) < 4.78 is 26.6. The summed E-state index contributed by atoms with van der Waals surface area (Å²) in [5.74, 6) is -0.246. The van der Waals surface area contributed by atoms with Gasteiger partial charge in [-0.15, -0.1) is 11.8 Å². The Morgan fingerprint density at radius 2 is 1.83 bits per heavy atom. The summed E-state index contributed by atoms with van der Waals surface area (Å²) in [6, 6.07) is 13.2. The fourth-order valence-corrected chi connectivity index (χ4v) is 3.66. The molecule has 0 bridgehead atoms. The minimum absolute atomic E-state index is 0.0868. The maximum Gasteiger partial charge on any atom is 0.251 e. The highest BCUT2D eigenvalue weighted by molar-refractivity contribution is 7.98. The van der Waals surface area contributed by atoms with Crippen LogP contribution in [0.25, 0.3) is 0 Å². The number of sulfonamides is 1. The van der Waals surface area contributed by atoms with E-state index in [-0.39, 0.29) is 23.9 Å². The number of carbonyl (C=O) groups excluding carboxylic acids is 1. The molecule has 2 rings (SSSR count). The van der Waals surface area contributed by atoms with Crippen LogP contribution in [0, 0.1) is 0 Å². The quantitative estimate of drug-likeness (QED) is 0.568. The number of amides is 1. The van der Waals surface area contributed by atoms with Crippen molar-refractivity contribution in [1.82, 2.24) is 10.0 Å². The molecule has 1 amide bonds. The lowest BCUT2D eigenvalue weighted by Crippen LogP contribution is -2.34. The molecule has 0 spiro atoms. The lowest BCUT2D eigenvalue weighted by Gasteiger charge is -2.08. The first-order valence-electron chi connectivity index (χ1n) is 7.10. The Morgan fingerprint density at radius 1 is 1.12 bits per heavy atom. The third-order valence-electron chi connectivity index (χ3n) is 3.16. The highest BCUT2D eigenvalue weighted by Crippen LogP contribution is 2.15. The molecule has 0 radical (unpaired) electrons. The molecular weight excluding hydrogens is 368 g/mol. The van der Waals surface area contributed by atoms with Gasteiger partial charge in [0.15, 0.2) is 0 Å². The van der Waals surface area contributed by atoms with Crippen LogP contribution in [0.4, 0.5) is 0 Å². The summed E-state index contributed by atoms with van der Waals surface area (Å²) in [7, 11) is -3.64. The topological polar surface area (TPSA) is 75.3 Å². The number of hydrogen-bond donors (Lipinski definition) is 2. The number of carbonyl (C=O) groups is 1. The Labute approximate surface area is 150 Å². The predicted molar refractivity (Wildman–Crippen MR) is 97.2 cm³/mol. The van der Waals surface area contributed by atoms with Crippen molar-refractivity contribution in [2.24, 2.45) is 0 Å². The Morgan fingerprint density at radius 3 is 2.46 bits per heavy atom. The van der Waals surface area contributed by atoms with Crippen LogP contribution < -0.4 is 10.0 Å². The van der Waals surface area contributed by atoms with Crippen molar-refractivity contribution in [3.8, 4) is 0 Å². The molecule has 0 atom stereocenters. The highest BCUT2D eigenvalue weighted by Gasteiger charge is 2.13. The molecule has 2 aromatic rings. The van der Waals surface area contributed by atoms with Crippen LogP contribution in [-0.4, -0.2) is 33.7 Å². The number of benzene rings is 2. The van der Waals surface area contributed by atoms with Gasteiger partial charge in [0.25, 0.3) is 5.91 Å². The molecule has 0 saturated carbocycles. The molecule has 0 aliphatic rings. The molecule has 0 unspecified atom stereocenters. The van der Waals surface area contributed by atoms with Crippen LogP contribution >= 0.6 is 23.4 Å². The number of hydrogen-bond acceptors (Lipinski definition) is 4. The molecule has 0 aromatic heterocycles. The lowest BCUT2D eigenvalue weighted by atomic mass is 10.2. The van der Waals surface area contributed by atoms with Gasteiger partial charge in [0.2, 0.25) is 10.0 Å².